The Morgan fingerprint density at radius 3 is 2.69 bits per heavy atom. The van der Waals surface area contributed by atoms with Crippen LogP contribution in [-0.2, 0) is 9.59 Å². The van der Waals surface area contributed by atoms with Crippen molar-refractivity contribution in [2.75, 3.05) is 19.6 Å². The molecule has 162 valence electrons. The molecule has 0 radical (unpaired) electrons. The van der Waals surface area contributed by atoms with Gasteiger partial charge in [0, 0.05) is 35.1 Å². The van der Waals surface area contributed by atoms with E-state index in [4.69, 9.17) is 0 Å². The molecule has 3 fully saturated rings. The summed E-state index contributed by atoms with van der Waals surface area (Å²) in [5, 5.41) is 20.0. The molecule has 29 heavy (non-hydrogen) atoms. The lowest BCUT2D eigenvalue weighted by atomic mass is 9.79. The molecule has 3 heterocycles. The number of aliphatic hydroxyl groups is 1. The molecule has 1 amide bonds. The molecule has 8 heteroatoms. The Morgan fingerprint density at radius 1 is 1.31 bits per heavy atom. The fourth-order valence-electron chi connectivity index (χ4n) is 5.62. The SMILES string of the molecule is C[C@@H](O)[C@H]1C(=O)N2C(C(=O)O)=C(S[C@@H]3CCN(CC4CCCCC4F)C3)[C@H](C)[C@H]12. The molecular weight excluding hydrogens is 395 g/mol. The lowest BCUT2D eigenvalue weighted by Gasteiger charge is -2.46. The topological polar surface area (TPSA) is 81.1 Å². The molecule has 6 nitrogen and oxygen atoms in total. The number of nitrogens with zero attached hydrogens (tertiary/aromatic N) is 2. The summed E-state index contributed by atoms with van der Waals surface area (Å²) < 4.78 is 14.2. The van der Waals surface area contributed by atoms with Gasteiger partial charge in [-0.15, -0.1) is 11.8 Å². The lowest BCUT2D eigenvalue weighted by Crippen LogP contribution is -2.63. The maximum Gasteiger partial charge on any atom is 0.353 e. The van der Waals surface area contributed by atoms with Crippen LogP contribution < -0.4 is 0 Å². The number of likely N-dealkylation sites (tertiary alicyclic amines) is 1. The van der Waals surface area contributed by atoms with Gasteiger partial charge in [-0.3, -0.25) is 4.79 Å². The van der Waals surface area contributed by atoms with E-state index in [1.165, 1.54) is 4.90 Å². The van der Waals surface area contributed by atoms with Crippen LogP contribution in [0.1, 0.15) is 46.0 Å². The van der Waals surface area contributed by atoms with Crippen LogP contribution in [0.25, 0.3) is 0 Å². The number of aliphatic hydroxyl groups excluding tert-OH is 1. The third kappa shape index (κ3) is 3.72. The molecule has 2 saturated heterocycles. The van der Waals surface area contributed by atoms with E-state index in [0.29, 0.717) is 6.42 Å². The van der Waals surface area contributed by atoms with Crippen molar-refractivity contribution in [1.82, 2.24) is 9.80 Å². The number of halogens is 1. The Bertz CT molecular complexity index is 715. The summed E-state index contributed by atoms with van der Waals surface area (Å²) in [7, 11) is 0. The van der Waals surface area contributed by atoms with E-state index in [1.807, 2.05) is 6.92 Å². The number of hydrogen-bond acceptors (Lipinski definition) is 5. The van der Waals surface area contributed by atoms with Crippen molar-refractivity contribution < 1.29 is 24.2 Å². The van der Waals surface area contributed by atoms with Crippen molar-refractivity contribution in [3.05, 3.63) is 10.6 Å². The van der Waals surface area contributed by atoms with Gasteiger partial charge in [0.2, 0.25) is 5.91 Å². The predicted molar refractivity (Wildman–Crippen MR) is 109 cm³/mol. The highest BCUT2D eigenvalue weighted by Crippen LogP contribution is 2.52. The predicted octanol–water partition coefficient (Wildman–Crippen LogP) is 2.48. The van der Waals surface area contributed by atoms with E-state index in [1.54, 1.807) is 18.7 Å². The number of alkyl halides is 1. The summed E-state index contributed by atoms with van der Waals surface area (Å²) in [5.74, 6) is -1.85. The van der Waals surface area contributed by atoms with Gasteiger partial charge in [-0.05, 0) is 32.7 Å². The highest BCUT2D eigenvalue weighted by molar-refractivity contribution is 8.03. The number of hydrogen-bond donors (Lipinski definition) is 2. The van der Waals surface area contributed by atoms with Gasteiger partial charge in [0.1, 0.15) is 11.9 Å². The number of amides is 1. The van der Waals surface area contributed by atoms with Crippen LogP contribution in [0, 0.1) is 17.8 Å². The van der Waals surface area contributed by atoms with Crippen LogP contribution in [0.4, 0.5) is 4.39 Å². The molecule has 0 aromatic rings. The number of carboxylic acids is 1. The van der Waals surface area contributed by atoms with Gasteiger partial charge in [0.25, 0.3) is 0 Å². The zero-order chi connectivity index (χ0) is 20.9. The Hall–Kier alpha value is -1.12. The first-order chi connectivity index (χ1) is 13.8. The number of thioether (sulfide) groups is 1. The fourth-order valence-corrected chi connectivity index (χ4v) is 7.14. The van der Waals surface area contributed by atoms with Gasteiger partial charge in [-0.25, -0.2) is 9.18 Å². The van der Waals surface area contributed by atoms with Crippen LogP contribution in [0.15, 0.2) is 10.6 Å². The number of carbonyl (C=O) groups excluding carboxylic acids is 1. The van der Waals surface area contributed by atoms with Crippen LogP contribution in [0.2, 0.25) is 0 Å². The first kappa shape index (κ1) is 21.1. The molecule has 0 aromatic carbocycles. The number of aliphatic carboxylic acids is 1. The first-order valence-electron chi connectivity index (χ1n) is 10.8. The first-order valence-corrected chi connectivity index (χ1v) is 11.7. The number of β-lactam (4-membered cyclic amide) rings is 1. The third-order valence-corrected chi connectivity index (χ3v) is 8.68. The zero-order valence-corrected chi connectivity index (χ0v) is 17.9. The van der Waals surface area contributed by atoms with Crippen molar-refractivity contribution in [3.63, 3.8) is 0 Å². The minimum absolute atomic E-state index is 0.0917. The van der Waals surface area contributed by atoms with Gasteiger partial charge in [-0.2, -0.15) is 0 Å². The van der Waals surface area contributed by atoms with Crippen molar-refractivity contribution in [3.8, 4) is 0 Å². The maximum atomic E-state index is 14.2. The summed E-state index contributed by atoms with van der Waals surface area (Å²) in [6.45, 7) is 6.08. The largest absolute Gasteiger partial charge is 0.477 e. The van der Waals surface area contributed by atoms with Crippen LogP contribution in [-0.4, -0.2) is 75.1 Å². The molecule has 3 aliphatic heterocycles. The average molecular weight is 427 g/mol. The Morgan fingerprint density at radius 2 is 2.03 bits per heavy atom. The molecule has 0 aromatic heterocycles. The normalized spacial score (nSPS) is 38.9. The molecule has 0 spiro atoms. The molecule has 1 aliphatic carbocycles. The van der Waals surface area contributed by atoms with Gasteiger partial charge in [0.15, 0.2) is 0 Å². The minimum atomic E-state index is -1.07. The summed E-state index contributed by atoms with van der Waals surface area (Å²) in [4.78, 5) is 28.8. The van der Waals surface area contributed by atoms with Gasteiger partial charge in [0.05, 0.1) is 18.1 Å². The highest BCUT2D eigenvalue weighted by Gasteiger charge is 2.60. The Kier molecular flexibility index (Phi) is 5.97. The number of fused-ring (bicyclic) bond motifs is 1. The molecule has 1 saturated carbocycles. The van der Waals surface area contributed by atoms with Crippen LogP contribution >= 0.6 is 11.8 Å². The second kappa shape index (κ2) is 8.19. The number of carbonyl (C=O) groups is 2. The molecule has 2 N–H and O–H groups in total. The van der Waals surface area contributed by atoms with Crippen molar-refractivity contribution in [1.29, 1.82) is 0 Å². The Balaban J connectivity index is 1.42. The summed E-state index contributed by atoms with van der Waals surface area (Å²) in [5.41, 5.74) is 0.101. The molecule has 2 unspecified atom stereocenters. The fraction of sp³-hybridized carbons (Fsp3) is 0.810. The van der Waals surface area contributed by atoms with E-state index in [-0.39, 0.29) is 34.7 Å². The van der Waals surface area contributed by atoms with E-state index in [2.05, 4.69) is 4.90 Å². The van der Waals surface area contributed by atoms with Crippen molar-refractivity contribution in [2.45, 2.75) is 69.5 Å². The summed E-state index contributed by atoms with van der Waals surface area (Å²) >= 11 is 1.58. The van der Waals surface area contributed by atoms with Gasteiger partial charge in [-0.1, -0.05) is 19.8 Å². The maximum absolute atomic E-state index is 14.2. The lowest BCUT2D eigenvalue weighted by molar-refractivity contribution is -0.163. The summed E-state index contributed by atoms with van der Waals surface area (Å²) in [6.07, 6.45) is 3.20. The quantitative estimate of drug-likeness (QED) is 0.635. The standard InChI is InChI=1S/C21H31FN2O4S/c1-11-17-16(12(2)25)20(26)24(17)18(21(27)28)19(11)29-14-7-8-23(10-14)9-13-5-3-4-6-15(13)22/h11-17,25H,3-10H2,1-2H3,(H,27,28)/t11-,12-,13?,14-,15?,16-,17-/m1/s1. The third-order valence-electron chi connectivity index (χ3n) is 7.14. The molecule has 0 bridgehead atoms. The molecule has 7 atom stereocenters. The highest BCUT2D eigenvalue weighted by atomic mass is 32.2. The van der Waals surface area contributed by atoms with E-state index in [0.717, 1.165) is 50.2 Å². The van der Waals surface area contributed by atoms with E-state index in [9.17, 15) is 24.2 Å². The van der Waals surface area contributed by atoms with E-state index >= 15 is 0 Å². The number of rotatable bonds is 6. The van der Waals surface area contributed by atoms with Gasteiger partial charge >= 0.3 is 5.97 Å². The minimum Gasteiger partial charge on any atom is -0.477 e. The second-order valence-electron chi connectivity index (χ2n) is 9.12. The van der Waals surface area contributed by atoms with Crippen LogP contribution in [0.5, 0.6) is 0 Å². The zero-order valence-electron chi connectivity index (χ0n) is 17.1. The molecule has 4 aliphatic rings. The summed E-state index contributed by atoms with van der Waals surface area (Å²) in [6, 6.07) is -0.261. The molecular formula is C21H31FN2O4S. The second-order valence-corrected chi connectivity index (χ2v) is 10.5. The monoisotopic (exact) mass is 426 g/mol. The van der Waals surface area contributed by atoms with Crippen LogP contribution in [0.3, 0.4) is 0 Å². The van der Waals surface area contributed by atoms with Gasteiger partial charge < -0.3 is 20.0 Å². The Labute approximate surface area is 175 Å². The van der Waals surface area contributed by atoms with Crippen molar-refractivity contribution in [2.24, 2.45) is 17.8 Å². The molecule has 4 rings (SSSR count). The number of carboxylic acid groups (broad SMARTS) is 1. The van der Waals surface area contributed by atoms with Crippen molar-refractivity contribution >= 4 is 23.6 Å². The smallest absolute Gasteiger partial charge is 0.353 e. The average Bonchev–Trinajstić information content (AvgIpc) is 3.19. The van der Waals surface area contributed by atoms with E-state index < -0.39 is 24.2 Å².